The first-order valence-corrected chi connectivity index (χ1v) is 4.34. The van der Waals surface area contributed by atoms with Crippen LogP contribution in [0.5, 0.6) is 0 Å². The van der Waals surface area contributed by atoms with E-state index >= 15 is 0 Å². The fourth-order valence-electron chi connectivity index (χ4n) is 1.32. The van der Waals surface area contributed by atoms with Crippen LogP contribution in [0.25, 0.3) is 0 Å². The van der Waals surface area contributed by atoms with Crippen LogP contribution < -0.4 is 11.3 Å². The number of methoxy groups -OCH3 is 2. The SMILES string of the molecule is COC(OC)C(Cc1ccoc1)NN. The molecular formula is C9H16N2O3. The Kier molecular flexibility index (Phi) is 4.61. The van der Waals surface area contributed by atoms with E-state index in [4.69, 9.17) is 19.7 Å². The van der Waals surface area contributed by atoms with Gasteiger partial charge in [-0.1, -0.05) is 0 Å². The number of hydrogen-bond acceptors (Lipinski definition) is 5. The van der Waals surface area contributed by atoms with Crippen molar-refractivity contribution in [3.63, 3.8) is 0 Å². The molecule has 0 aliphatic rings. The number of rotatable bonds is 6. The molecule has 0 spiro atoms. The topological polar surface area (TPSA) is 69.7 Å². The number of hydrazine groups is 1. The van der Waals surface area contributed by atoms with Gasteiger partial charge in [0.15, 0.2) is 6.29 Å². The molecule has 3 N–H and O–H groups in total. The molecule has 0 amide bonds. The van der Waals surface area contributed by atoms with Gasteiger partial charge in [0.1, 0.15) is 0 Å². The zero-order chi connectivity index (χ0) is 10.4. The summed E-state index contributed by atoms with van der Waals surface area (Å²) in [6.45, 7) is 0. The van der Waals surface area contributed by atoms with E-state index in [1.165, 1.54) is 0 Å². The summed E-state index contributed by atoms with van der Waals surface area (Å²) in [4.78, 5) is 0. The normalized spacial score (nSPS) is 13.4. The molecule has 5 heteroatoms. The van der Waals surface area contributed by atoms with Gasteiger partial charge in [0.25, 0.3) is 0 Å². The van der Waals surface area contributed by atoms with E-state index in [0.29, 0.717) is 6.42 Å². The molecule has 0 radical (unpaired) electrons. The van der Waals surface area contributed by atoms with Crippen molar-refractivity contribution in [2.45, 2.75) is 18.8 Å². The molecule has 0 bridgehead atoms. The van der Waals surface area contributed by atoms with E-state index in [1.807, 2.05) is 6.07 Å². The largest absolute Gasteiger partial charge is 0.472 e. The van der Waals surface area contributed by atoms with Crippen LogP contribution >= 0.6 is 0 Å². The molecule has 0 saturated carbocycles. The third kappa shape index (κ3) is 2.81. The highest BCUT2D eigenvalue weighted by atomic mass is 16.7. The van der Waals surface area contributed by atoms with Crippen molar-refractivity contribution in [3.05, 3.63) is 24.2 Å². The first kappa shape index (κ1) is 11.2. The highest BCUT2D eigenvalue weighted by Gasteiger charge is 2.20. The molecule has 0 saturated heterocycles. The van der Waals surface area contributed by atoms with Gasteiger partial charge >= 0.3 is 0 Å². The lowest BCUT2D eigenvalue weighted by Gasteiger charge is -2.23. The third-order valence-corrected chi connectivity index (χ3v) is 2.04. The average Bonchev–Trinajstić information content (AvgIpc) is 2.70. The molecule has 1 aromatic rings. The second-order valence-electron chi connectivity index (χ2n) is 2.95. The summed E-state index contributed by atoms with van der Waals surface area (Å²) in [6, 6.07) is 1.79. The van der Waals surface area contributed by atoms with Crippen molar-refractivity contribution < 1.29 is 13.9 Å². The molecule has 1 heterocycles. The molecule has 1 unspecified atom stereocenters. The number of hydrogen-bond donors (Lipinski definition) is 2. The monoisotopic (exact) mass is 200 g/mol. The van der Waals surface area contributed by atoms with Crippen LogP contribution in [0, 0.1) is 0 Å². The van der Waals surface area contributed by atoms with E-state index < -0.39 is 0 Å². The van der Waals surface area contributed by atoms with E-state index in [-0.39, 0.29) is 12.3 Å². The Balaban J connectivity index is 2.53. The molecule has 0 aliphatic heterocycles. The van der Waals surface area contributed by atoms with Gasteiger partial charge in [0.2, 0.25) is 0 Å². The van der Waals surface area contributed by atoms with E-state index in [2.05, 4.69) is 5.43 Å². The molecule has 5 nitrogen and oxygen atoms in total. The maximum absolute atomic E-state index is 5.40. The van der Waals surface area contributed by atoms with E-state index in [0.717, 1.165) is 5.56 Å². The van der Waals surface area contributed by atoms with Gasteiger partial charge in [-0.2, -0.15) is 0 Å². The van der Waals surface area contributed by atoms with Gasteiger partial charge in [-0.25, -0.2) is 0 Å². The fraction of sp³-hybridized carbons (Fsp3) is 0.556. The Morgan fingerprint density at radius 1 is 1.50 bits per heavy atom. The molecule has 1 aromatic heterocycles. The Hall–Kier alpha value is -0.880. The molecule has 1 rings (SSSR count). The lowest BCUT2D eigenvalue weighted by molar-refractivity contribution is -0.122. The highest BCUT2D eigenvalue weighted by molar-refractivity contribution is 5.07. The van der Waals surface area contributed by atoms with Gasteiger partial charge < -0.3 is 13.9 Å². The van der Waals surface area contributed by atoms with Crippen LogP contribution in [0.1, 0.15) is 5.56 Å². The Bertz CT molecular complexity index is 234. The maximum Gasteiger partial charge on any atom is 0.173 e. The summed E-state index contributed by atoms with van der Waals surface area (Å²) in [6.07, 6.45) is 3.62. The minimum absolute atomic E-state index is 0.0948. The average molecular weight is 200 g/mol. The molecule has 0 aliphatic carbocycles. The van der Waals surface area contributed by atoms with Gasteiger partial charge in [0, 0.05) is 14.2 Å². The summed E-state index contributed by atoms with van der Waals surface area (Å²) in [7, 11) is 3.15. The predicted octanol–water partition coefficient (Wildman–Crippen LogP) is 0.273. The van der Waals surface area contributed by atoms with Crippen molar-refractivity contribution in [1.82, 2.24) is 5.43 Å². The summed E-state index contributed by atoms with van der Waals surface area (Å²) >= 11 is 0. The van der Waals surface area contributed by atoms with Crippen molar-refractivity contribution >= 4 is 0 Å². The zero-order valence-electron chi connectivity index (χ0n) is 8.40. The quantitative estimate of drug-likeness (QED) is 0.392. The second-order valence-corrected chi connectivity index (χ2v) is 2.95. The predicted molar refractivity (Wildman–Crippen MR) is 51.3 cm³/mol. The van der Waals surface area contributed by atoms with Crippen LogP contribution in [0.15, 0.2) is 23.0 Å². The van der Waals surface area contributed by atoms with Crippen LogP contribution in [-0.4, -0.2) is 26.6 Å². The third-order valence-electron chi connectivity index (χ3n) is 2.04. The first-order valence-electron chi connectivity index (χ1n) is 4.34. The Morgan fingerprint density at radius 2 is 2.21 bits per heavy atom. The van der Waals surface area contributed by atoms with Gasteiger partial charge in [-0.15, -0.1) is 0 Å². The lowest BCUT2D eigenvalue weighted by atomic mass is 10.1. The lowest BCUT2D eigenvalue weighted by Crippen LogP contribution is -2.47. The molecule has 1 atom stereocenters. The fourth-order valence-corrected chi connectivity index (χ4v) is 1.32. The maximum atomic E-state index is 5.40. The van der Waals surface area contributed by atoms with Crippen molar-refractivity contribution in [1.29, 1.82) is 0 Å². The summed E-state index contributed by atoms with van der Waals surface area (Å²) in [5.41, 5.74) is 3.70. The second kappa shape index (κ2) is 5.77. The van der Waals surface area contributed by atoms with Crippen LogP contribution in [0.3, 0.4) is 0 Å². The van der Waals surface area contributed by atoms with Crippen LogP contribution in [-0.2, 0) is 15.9 Å². The minimum atomic E-state index is -0.366. The molecule has 0 fully saturated rings. The summed E-state index contributed by atoms with van der Waals surface area (Å²) in [5, 5.41) is 0. The number of nitrogens with two attached hydrogens (primary N) is 1. The molecule has 0 aromatic carbocycles. The molecule has 14 heavy (non-hydrogen) atoms. The number of furan rings is 1. The van der Waals surface area contributed by atoms with Gasteiger partial charge in [0.05, 0.1) is 18.6 Å². The van der Waals surface area contributed by atoms with Gasteiger partial charge in [-0.05, 0) is 18.1 Å². The number of nitrogens with one attached hydrogen (secondary N) is 1. The zero-order valence-corrected chi connectivity index (χ0v) is 8.40. The van der Waals surface area contributed by atoms with Crippen LogP contribution in [0.2, 0.25) is 0 Å². The summed E-state index contributed by atoms with van der Waals surface area (Å²) < 4.78 is 15.2. The molecule has 80 valence electrons. The Morgan fingerprint density at radius 3 is 2.64 bits per heavy atom. The Labute approximate surface area is 83.1 Å². The molecular weight excluding hydrogens is 184 g/mol. The standard InChI is InChI=1S/C9H16N2O3/c1-12-9(13-2)8(11-10)5-7-3-4-14-6-7/h3-4,6,8-9,11H,5,10H2,1-2H3. The van der Waals surface area contributed by atoms with Gasteiger partial charge in [-0.3, -0.25) is 11.3 Å². The van der Waals surface area contributed by atoms with Crippen molar-refractivity contribution in [3.8, 4) is 0 Å². The van der Waals surface area contributed by atoms with E-state index in [1.54, 1.807) is 26.7 Å². The highest BCUT2D eigenvalue weighted by Crippen LogP contribution is 2.08. The summed E-state index contributed by atoms with van der Waals surface area (Å²) in [5.74, 6) is 5.40. The first-order chi connectivity index (χ1) is 6.81. The van der Waals surface area contributed by atoms with E-state index in [9.17, 15) is 0 Å². The minimum Gasteiger partial charge on any atom is -0.472 e. The van der Waals surface area contributed by atoms with Crippen molar-refractivity contribution in [2.75, 3.05) is 14.2 Å². The van der Waals surface area contributed by atoms with Crippen molar-refractivity contribution in [2.24, 2.45) is 5.84 Å². The smallest absolute Gasteiger partial charge is 0.173 e. The van der Waals surface area contributed by atoms with Crippen LogP contribution in [0.4, 0.5) is 0 Å². The number of ether oxygens (including phenoxy) is 2.